The van der Waals surface area contributed by atoms with E-state index in [1.54, 1.807) is 53.6 Å². The Morgan fingerprint density at radius 1 is 0.927 bits per heavy atom. The van der Waals surface area contributed by atoms with Crippen molar-refractivity contribution >= 4 is 11.3 Å². The summed E-state index contributed by atoms with van der Waals surface area (Å²) in [4.78, 5) is 26.5. The summed E-state index contributed by atoms with van der Waals surface area (Å²) in [5.74, 6) is -0.518. The number of carbonyl (C=O) groups is 1. The average Bonchev–Trinajstić information content (AvgIpc) is 3.50. The molecule has 0 aliphatic heterocycles. The molecule has 3 heterocycles. The lowest BCUT2D eigenvalue weighted by molar-refractivity contribution is 0.0991. The molecule has 0 bridgehead atoms. The number of aryl methyl sites for hydroxylation is 1. The first kappa shape index (κ1) is 26.0. The number of fused-ring (bicyclic) bond motifs is 1. The van der Waals surface area contributed by atoms with Crippen LogP contribution in [0.2, 0.25) is 0 Å². The van der Waals surface area contributed by atoms with E-state index in [9.17, 15) is 9.59 Å². The number of Topliss-reactive ketones (excluding diaryl/α,β-unsaturated/α-hetero) is 1. The predicted molar refractivity (Wildman–Crippen MR) is 156 cm³/mol. The van der Waals surface area contributed by atoms with Crippen LogP contribution in [0.4, 0.5) is 4.39 Å². The Kier molecular flexibility index (Phi) is 6.59. The molecule has 3 aromatic carbocycles. The van der Waals surface area contributed by atoms with E-state index >= 15 is 4.39 Å². The van der Waals surface area contributed by atoms with Gasteiger partial charge in [0.05, 0.1) is 11.9 Å². The number of aromatic nitrogens is 4. The highest BCUT2D eigenvalue weighted by atomic mass is 19.1. The zero-order valence-corrected chi connectivity index (χ0v) is 22.8. The number of halogens is 1. The van der Waals surface area contributed by atoms with Crippen molar-refractivity contribution in [1.29, 1.82) is 0 Å². The molecule has 8 heteroatoms. The van der Waals surface area contributed by atoms with Crippen molar-refractivity contribution < 1.29 is 13.9 Å². The van der Waals surface area contributed by atoms with Gasteiger partial charge < -0.3 is 4.74 Å². The Morgan fingerprint density at radius 2 is 1.68 bits per heavy atom. The Balaban J connectivity index is 1.27. The zero-order valence-electron chi connectivity index (χ0n) is 22.8. The molecule has 0 saturated heterocycles. The van der Waals surface area contributed by atoms with E-state index in [0.29, 0.717) is 28.2 Å². The second kappa shape index (κ2) is 10.4. The minimum absolute atomic E-state index is 0.0210. The quantitative estimate of drug-likeness (QED) is 0.215. The summed E-state index contributed by atoms with van der Waals surface area (Å²) in [6, 6.07) is 25.3. The summed E-state index contributed by atoms with van der Waals surface area (Å²) >= 11 is 0. The van der Waals surface area contributed by atoms with E-state index in [2.05, 4.69) is 5.10 Å². The molecule has 0 N–H and O–H groups in total. The molecule has 3 aromatic heterocycles. The van der Waals surface area contributed by atoms with Crippen LogP contribution >= 0.6 is 0 Å². The molecule has 0 aliphatic carbocycles. The van der Waals surface area contributed by atoms with Crippen LogP contribution in [-0.2, 0) is 13.5 Å². The van der Waals surface area contributed by atoms with Crippen molar-refractivity contribution in [3.63, 3.8) is 0 Å². The lowest BCUT2D eigenvalue weighted by Crippen LogP contribution is -2.23. The van der Waals surface area contributed by atoms with Gasteiger partial charge >= 0.3 is 0 Å². The molecule has 41 heavy (non-hydrogen) atoms. The van der Waals surface area contributed by atoms with Gasteiger partial charge in [-0.25, -0.2) is 13.6 Å². The molecular weight excluding hydrogens is 519 g/mol. The highest BCUT2D eigenvalue weighted by Crippen LogP contribution is 2.35. The van der Waals surface area contributed by atoms with Gasteiger partial charge in [-0.2, -0.15) is 5.10 Å². The number of nitrogens with zero attached hydrogens (tertiary/aromatic N) is 4. The molecule has 204 valence electrons. The van der Waals surface area contributed by atoms with Gasteiger partial charge in [-0.1, -0.05) is 54.1 Å². The fraction of sp³-hybridized carbons (Fsp3) is 0.121. The van der Waals surface area contributed by atoms with E-state index in [-0.39, 0.29) is 23.5 Å². The number of para-hydroxylation sites is 1. The molecule has 0 spiro atoms. The Morgan fingerprint density at radius 3 is 2.41 bits per heavy atom. The second-order valence-corrected chi connectivity index (χ2v) is 9.99. The summed E-state index contributed by atoms with van der Waals surface area (Å²) < 4.78 is 26.2. The lowest BCUT2D eigenvalue weighted by Gasteiger charge is -2.11. The van der Waals surface area contributed by atoms with Crippen LogP contribution in [0.3, 0.4) is 0 Å². The number of benzene rings is 3. The smallest absolute Gasteiger partial charge is 0.282 e. The first-order valence-corrected chi connectivity index (χ1v) is 13.2. The first-order chi connectivity index (χ1) is 19.8. The largest absolute Gasteiger partial charge is 0.452 e. The number of carbonyl (C=O) groups excluding carboxylic acids is 1. The van der Waals surface area contributed by atoms with Crippen molar-refractivity contribution in [1.82, 2.24) is 19.0 Å². The van der Waals surface area contributed by atoms with Crippen LogP contribution in [0.25, 0.3) is 22.3 Å². The molecule has 0 atom stereocenters. The van der Waals surface area contributed by atoms with Gasteiger partial charge in [0.2, 0.25) is 0 Å². The summed E-state index contributed by atoms with van der Waals surface area (Å²) in [5, 5.41) is 4.36. The predicted octanol–water partition coefficient (Wildman–Crippen LogP) is 6.46. The highest BCUT2D eigenvalue weighted by Gasteiger charge is 2.23. The monoisotopic (exact) mass is 546 g/mol. The normalized spacial score (nSPS) is 11.2. The van der Waals surface area contributed by atoms with Crippen LogP contribution < -0.4 is 10.3 Å². The summed E-state index contributed by atoms with van der Waals surface area (Å²) in [6.45, 7) is 3.76. The molecule has 6 rings (SSSR count). The van der Waals surface area contributed by atoms with Crippen LogP contribution in [-0.4, -0.2) is 24.8 Å². The van der Waals surface area contributed by atoms with Crippen molar-refractivity contribution in [2.24, 2.45) is 7.05 Å². The second-order valence-electron chi connectivity index (χ2n) is 9.99. The van der Waals surface area contributed by atoms with Crippen molar-refractivity contribution in [2.45, 2.75) is 20.3 Å². The van der Waals surface area contributed by atoms with E-state index in [4.69, 9.17) is 4.74 Å². The zero-order chi connectivity index (χ0) is 28.7. The fourth-order valence-electron chi connectivity index (χ4n) is 5.08. The van der Waals surface area contributed by atoms with Gasteiger partial charge in [0.1, 0.15) is 11.1 Å². The minimum Gasteiger partial charge on any atom is -0.452 e. The van der Waals surface area contributed by atoms with Crippen LogP contribution in [0, 0.1) is 19.7 Å². The third kappa shape index (κ3) is 4.74. The van der Waals surface area contributed by atoms with Crippen LogP contribution in [0.15, 0.2) is 102 Å². The third-order valence-electron chi connectivity index (χ3n) is 7.29. The standard InChI is InChI=1S/C33H27FN4O3/c1-21-9-12-24(13-10-21)26-16-18-37-32(26)30(15-17-35-37)41-29-14-11-23(19-27(29)34)20-28(39)31-22(2)36(3)38(33(31)40)25-7-5-4-6-8-25/h4-19H,20H2,1-3H3. The molecule has 0 aliphatic rings. The van der Waals surface area contributed by atoms with E-state index in [1.165, 1.54) is 16.8 Å². The summed E-state index contributed by atoms with van der Waals surface area (Å²) in [7, 11) is 1.73. The summed E-state index contributed by atoms with van der Waals surface area (Å²) in [6.07, 6.45) is 3.30. The van der Waals surface area contributed by atoms with Crippen molar-refractivity contribution in [3.05, 3.63) is 136 Å². The molecule has 0 radical (unpaired) electrons. The molecule has 7 nitrogen and oxygen atoms in total. The van der Waals surface area contributed by atoms with E-state index < -0.39 is 11.4 Å². The molecule has 6 aromatic rings. The van der Waals surface area contributed by atoms with Crippen molar-refractivity contribution in [3.8, 4) is 28.3 Å². The fourth-order valence-corrected chi connectivity index (χ4v) is 5.08. The van der Waals surface area contributed by atoms with Gasteiger partial charge in [-0.3, -0.25) is 14.3 Å². The molecular formula is C33H27FN4O3. The summed E-state index contributed by atoms with van der Waals surface area (Å²) in [5.41, 5.74) is 5.10. The van der Waals surface area contributed by atoms with Gasteiger partial charge in [-0.15, -0.1) is 0 Å². The first-order valence-electron chi connectivity index (χ1n) is 13.2. The van der Waals surface area contributed by atoms with Gasteiger partial charge in [0.25, 0.3) is 5.56 Å². The lowest BCUT2D eigenvalue weighted by atomic mass is 10.0. The topological polar surface area (TPSA) is 70.5 Å². The molecule has 0 unspecified atom stereocenters. The SMILES string of the molecule is Cc1ccc(-c2ccn3nccc(Oc4ccc(CC(=O)c5c(C)n(C)n(-c6ccccc6)c5=O)cc4F)c23)cc1. The number of rotatable bonds is 7. The average molecular weight is 547 g/mol. The maximum Gasteiger partial charge on any atom is 0.282 e. The third-order valence-corrected chi connectivity index (χ3v) is 7.29. The Labute approximate surface area is 235 Å². The number of hydrogen-bond donors (Lipinski definition) is 0. The van der Waals surface area contributed by atoms with Gasteiger partial charge in [0, 0.05) is 37.0 Å². The maximum atomic E-state index is 15.3. The maximum absolute atomic E-state index is 15.3. The van der Waals surface area contributed by atoms with Crippen LogP contribution in [0.1, 0.15) is 27.2 Å². The van der Waals surface area contributed by atoms with Crippen molar-refractivity contribution in [2.75, 3.05) is 0 Å². The van der Waals surface area contributed by atoms with E-state index in [1.807, 2.05) is 61.7 Å². The minimum atomic E-state index is -0.611. The van der Waals surface area contributed by atoms with Gasteiger partial charge in [0.15, 0.2) is 23.1 Å². The van der Waals surface area contributed by atoms with Crippen LogP contribution in [0.5, 0.6) is 11.5 Å². The molecule has 0 fully saturated rings. The molecule has 0 saturated carbocycles. The molecule has 0 amide bonds. The Hall–Kier alpha value is -5.24. The van der Waals surface area contributed by atoms with E-state index in [0.717, 1.165) is 16.7 Å². The highest BCUT2D eigenvalue weighted by molar-refractivity contribution is 5.98. The number of hydrogen-bond acceptors (Lipinski definition) is 4. The number of ether oxygens (including phenoxy) is 1. The Bertz CT molecular complexity index is 1970. The number of ketones is 1. The van der Waals surface area contributed by atoms with Gasteiger partial charge in [-0.05, 0) is 55.3 Å².